The molecule has 20 heavy (non-hydrogen) atoms. The van der Waals surface area contributed by atoms with Crippen LogP contribution in [0.25, 0.3) is 10.2 Å². The molecule has 0 amide bonds. The molecule has 0 unspecified atom stereocenters. The first-order valence-corrected chi connectivity index (χ1v) is 9.09. The SMILES string of the molecule is Cn1c(=NS(=O)(=O)c2cccs2)sc2cccc(Cl)c21. The fourth-order valence-electron chi connectivity index (χ4n) is 1.80. The zero-order valence-electron chi connectivity index (χ0n) is 10.3. The van der Waals surface area contributed by atoms with Crippen LogP contribution in [0.3, 0.4) is 0 Å². The van der Waals surface area contributed by atoms with Crippen molar-refractivity contribution in [3.05, 3.63) is 45.5 Å². The fraction of sp³-hybridized carbons (Fsp3) is 0.0833. The topological polar surface area (TPSA) is 51.4 Å². The van der Waals surface area contributed by atoms with Gasteiger partial charge in [0.1, 0.15) is 4.21 Å². The predicted molar refractivity (Wildman–Crippen MR) is 82.9 cm³/mol. The molecule has 3 rings (SSSR count). The first kappa shape index (κ1) is 13.8. The molecule has 0 bridgehead atoms. The lowest BCUT2D eigenvalue weighted by Crippen LogP contribution is -2.13. The van der Waals surface area contributed by atoms with E-state index in [1.807, 2.05) is 12.1 Å². The predicted octanol–water partition coefficient (Wildman–Crippen LogP) is 3.24. The molecule has 0 atom stereocenters. The van der Waals surface area contributed by atoms with Crippen LogP contribution in [0.2, 0.25) is 5.02 Å². The van der Waals surface area contributed by atoms with E-state index in [1.54, 1.807) is 35.2 Å². The van der Waals surface area contributed by atoms with Crippen molar-refractivity contribution >= 4 is 54.5 Å². The molecule has 0 saturated carbocycles. The number of thiazole rings is 1. The van der Waals surface area contributed by atoms with Gasteiger partial charge in [0.05, 0.1) is 15.2 Å². The lowest BCUT2D eigenvalue weighted by atomic mass is 10.3. The van der Waals surface area contributed by atoms with Gasteiger partial charge in [-0.2, -0.15) is 8.42 Å². The van der Waals surface area contributed by atoms with E-state index in [1.165, 1.54) is 11.3 Å². The average molecular weight is 345 g/mol. The Hall–Kier alpha value is -1.15. The minimum atomic E-state index is -3.66. The zero-order chi connectivity index (χ0) is 14.3. The summed E-state index contributed by atoms with van der Waals surface area (Å²) in [6.07, 6.45) is 0. The van der Waals surface area contributed by atoms with Gasteiger partial charge in [-0.1, -0.05) is 35.1 Å². The van der Waals surface area contributed by atoms with E-state index in [0.29, 0.717) is 9.82 Å². The highest BCUT2D eigenvalue weighted by Crippen LogP contribution is 2.25. The molecular formula is C12H9ClN2O2S3. The van der Waals surface area contributed by atoms with Gasteiger partial charge in [-0.25, -0.2) is 0 Å². The average Bonchev–Trinajstić information content (AvgIpc) is 3.00. The summed E-state index contributed by atoms with van der Waals surface area (Å²) >= 11 is 8.60. The maximum atomic E-state index is 12.2. The molecule has 0 saturated heterocycles. The molecule has 0 spiro atoms. The number of hydrogen-bond acceptors (Lipinski definition) is 4. The number of sulfonamides is 1. The number of para-hydroxylation sites is 1. The van der Waals surface area contributed by atoms with Gasteiger partial charge in [0.15, 0.2) is 0 Å². The van der Waals surface area contributed by atoms with E-state index in [-0.39, 0.29) is 4.21 Å². The summed E-state index contributed by atoms with van der Waals surface area (Å²) in [4.78, 5) is 0.404. The highest BCUT2D eigenvalue weighted by molar-refractivity contribution is 7.92. The summed E-state index contributed by atoms with van der Waals surface area (Å²) in [6.45, 7) is 0. The Labute approximate surface area is 128 Å². The monoisotopic (exact) mass is 344 g/mol. The maximum Gasteiger partial charge on any atom is 0.294 e. The lowest BCUT2D eigenvalue weighted by Gasteiger charge is -1.97. The Kier molecular flexibility index (Phi) is 3.45. The highest BCUT2D eigenvalue weighted by atomic mass is 35.5. The Balaban J connectivity index is 2.28. The van der Waals surface area contributed by atoms with Crippen LogP contribution in [-0.2, 0) is 17.1 Å². The molecule has 0 fully saturated rings. The number of thiophene rings is 1. The van der Waals surface area contributed by atoms with E-state index in [0.717, 1.165) is 21.6 Å². The van der Waals surface area contributed by atoms with Crippen molar-refractivity contribution in [2.75, 3.05) is 0 Å². The molecule has 0 radical (unpaired) electrons. The van der Waals surface area contributed by atoms with Gasteiger partial charge < -0.3 is 4.57 Å². The second-order valence-corrected chi connectivity index (χ2v) is 8.22. The summed E-state index contributed by atoms with van der Waals surface area (Å²) in [5, 5.41) is 2.29. The minimum absolute atomic E-state index is 0.237. The van der Waals surface area contributed by atoms with Gasteiger partial charge in [0.25, 0.3) is 10.0 Å². The van der Waals surface area contributed by atoms with Crippen LogP contribution in [0.1, 0.15) is 0 Å². The van der Waals surface area contributed by atoms with Crippen LogP contribution in [-0.4, -0.2) is 13.0 Å². The van der Waals surface area contributed by atoms with E-state index in [2.05, 4.69) is 4.40 Å². The first-order chi connectivity index (χ1) is 9.49. The molecule has 0 aliphatic rings. The van der Waals surface area contributed by atoms with E-state index in [4.69, 9.17) is 11.6 Å². The van der Waals surface area contributed by atoms with Gasteiger partial charge in [-0.15, -0.1) is 15.7 Å². The number of fused-ring (bicyclic) bond motifs is 1. The number of benzene rings is 1. The quantitative estimate of drug-likeness (QED) is 0.716. The normalized spacial score (nSPS) is 13.2. The number of halogens is 1. The summed E-state index contributed by atoms with van der Waals surface area (Å²) in [5.74, 6) is 0. The van der Waals surface area contributed by atoms with Crippen molar-refractivity contribution in [2.24, 2.45) is 11.4 Å². The molecule has 2 heterocycles. The zero-order valence-corrected chi connectivity index (χ0v) is 13.5. The third kappa shape index (κ3) is 2.31. The molecule has 104 valence electrons. The van der Waals surface area contributed by atoms with Gasteiger partial charge in [-0.05, 0) is 23.6 Å². The van der Waals surface area contributed by atoms with Gasteiger partial charge >= 0.3 is 0 Å². The largest absolute Gasteiger partial charge is 0.318 e. The van der Waals surface area contributed by atoms with Crippen LogP contribution in [0.15, 0.2) is 44.3 Å². The van der Waals surface area contributed by atoms with Crippen LogP contribution >= 0.6 is 34.3 Å². The Morgan fingerprint density at radius 2 is 2.05 bits per heavy atom. The Morgan fingerprint density at radius 1 is 1.25 bits per heavy atom. The van der Waals surface area contributed by atoms with E-state index < -0.39 is 10.0 Å². The summed E-state index contributed by atoms with van der Waals surface area (Å²) in [5.41, 5.74) is 0.791. The van der Waals surface area contributed by atoms with Crippen LogP contribution in [0.5, 0.6) is 0 Å². The molecule has 3 aromatic rings. The Bertz CT molecular complexity index is 937. The van der Waals surface area contributed by atoms with E-state index in [9.17, 15) is 8.42 Å². The molecule has 4 nitrogen and oxygen atoms in total. The fourth-order valence-corrected chi connectivity index (χ4v) is 5.40. The highest BCUT2D eigenvalue weighted by Gasteiger charge is 2.15. The standard InChI is InChI=1S/C12H9ClN2O2S3/c1-15-11-8(13)4-2-5-9(11)19-12(15)14-20(16,17)10-6-3-7-18-10/h2-7H,1H3. The van der Waals surface area contributed by atoms with Crippen LogP contribution in [0, 0.1) is 0 Å². The number of aromatic nitrogens is 1. The third-order valence-electron chi connectivity index (χ3n) is 2.72. The number of rotatable bonds is 2. The van der Waals surface area contributed by atoms with E-state index >= 15 is 0 Å². The van der Waals surface area contributed by atoms with Crippen molar-refractivity contribution in [3.63, 3.8) is 0 Å². The molecule has 0 aliphatic heterocycles. The summed E-state index contributed by atoms with van der Waals surface area (Å²) in [6, 6.07) is 8.73. The van der Waals surface area contributed by atoms with Crippen LogP contribution < -0.4 is 4.80 Å². The summed E-state index contributed by atoms with van der Waals surface area (Å²) in [7, 11) is -1.91. The maximum absolute atomic E-state index is 12.2. The van der Waals surface area contributed by atoms with Crippen LogP contribution in [0.4, 0.5) is 0 Å². The van der Waals surface area contributed by atoms with Gasteiger partial charge in [-0.3, -0.25) is 0 Å². The summed E-state index contributed by atoms with van der Waals surface area (Å²) < 4.78 is 31.1. The van der Waals surface area contributed by atoms with Crippen molar-refractivity contribution in [1.82, 2.24) is 4.57 Å². The van der Waals surface area contributed by atoms with Crippen molar-refractivity contribution < 1.29 is 8.42 Å². The molecule has 1 aromatic carbocycles. The Morgan fingerprint density at radius 3 is 2.70 bits per heavy atom. The second kappa shape index (κ2) is 5.00. The molecule has 2 aromatic heterocycles. The van der Waals surface area contributed by atoms with Crippen molar-refractivity contribution in [3.8, 4) is 0 Å². The number of nitrogens with zero attached hydrogens (tertiary/aromatic N) is 2. The first-order valence-electron chi connectivity index (χ1n) is 5.57. The second-order valence-electron chi connectivity index (χ2n) is 4.03. The molecule has 8 heteroatoms. The molecular weight excluding hydrogens is 336 g/mol. The van der Waals surface area contributed by atoms with Gasteiger partial charge in [0, 0.05) is 7.05 Å². The van der Waals surface area contributed by atoms with Crippen molar-refractivity contribution in [2.45, 2.75) is 4.21 Å². The third-order valence-corrected chi connectivity index (χ3v) is 6.88. The van der Waals surface area contributed by atoms with Crippen molar-refractivity contribution in [1.29, 1.82) is 0 Å². The lowest BCUT2D eigenvalue weighted by molar-refractivity contribution is 0.598. The van der Waals surface area contributed by atoms with Gasteiger partial charge in [0.2, 0.25) is 4.80 Å². The minimum Gasteiger partial charge on any atom is -0.318 e. The molecule has 0 N–H and O–H groups in total. The number of aryl methyl sites for hydroxylation is 1. The smallest absolute Gasteiger partial charge is 0.294 e. The number of hydrogen-bond donors (Lipinski definition) is 0. The molecule has 0 aliphatic carbocycles.